The predicted molar refractivity (Wildman–Crippen MR) is 88.2 cm³/mol. The number of nitrogens with two attached hydrogens (primary N) is 2. The molecule has 114 valence electrons. The molecular weight excluding hydrogens is 325 g/mol. The zero-order valence-corrected chi connectivity index (χ0v) is 13.2. The Balaban J connectivity index is 2.20. The highest BCUT2D eigenvalue weighted by molar-refractivity contribution is 6.36. The van der Waals surface area contributed by atoms with Crippen molar-refractivity contribution in [2.24, 2.45) is 10.9 Å². The molecule has 0 aliphatic rings. The number of nitrogen functional groups attached to an aromatic ring is 1. The molecule has 0 spiro atoms. The Labute approximate surface area is 137 Å². The lowest BCUT2D eigenvalue weighted by molar-refractivity contribution is 0.0516. The molecule has 0 aliphatic heterocycles. The van der Waals surface area contributed by atoms with Crippen molar-refractivity contribution in [3.63, 3.8) is 0 Å². The third-order valence-electron chi connectivity index (χ3n) is 3.03. The SMILES string of the molecule is Cc1c(N)cccc1/C(N)=N/OC(=O)c1ccc(Cl)cc1Cl. The molecule has 0 saturated carbocycles. The second-order valence-corrected chi connectivity index (χ2v) is 5.34. The van der Waals surface area contributed by atoms with Crippen LogP contribution < -0.4 is 11.5 Å². The Hall–Kier alpha value is -2.24. The monoisotopic (exact) mass is 337 g/mol. The second-order valence-electron chi connectivity index (χ2n) is 4.50. The van der Waals surface area contributed by atoms with Gasteiger partial charge in [0.25, 0.3) is 0 Å². The minimum atomic E-state index is -0.730. The first kappa shape index (κ1) is 16.1. The van der Waals surface area contributed by atoms with Crippen LogP contribution in [-0.4, -0.2) is 11.8 Å². The van der Waals surface area contributed by atoms with Gasteiger partial charge >= 0.3 is 5.97 Å². The number of hydrogen-bond donors (Lipinski definition) is 2. The first-order valence-corrected chi connectivity index (χ1v) is 7.01. The Kier molecular flexibility index (Phi) is 4.90. The lowest BCUT2D eigenvalue weighted by Crippen LogP contribution is -2.17. The number of anilines is 1. The maximum Gasteiger partial charge on any atom is 0.367 e. The first-order valence-electron chi connectivity index (χ1n) is 6.25. The topological polar surface area (TPSA) is 90.7 Å². The number of oxime groups is 1. The summed E-state index contributed by atoms with van der Waals surface area (Å²) in [6.45, 7) is 1.80. The van der Waals surface area contributed by atoms with Crippen molar-refractivity contribution in [3.05, 3.63) is 63.1 Å². The van der Waals surface area contributed by atoms with Crippen LogP contribution in [0.3, 0.4) is 0 Å². The van der Waals surface area contributed by atoms with Crippen LogP contribution in [0.5, 0.6) is 0 Å². The van der Waals surface area contributed by atoms with Crippen molar-refractivity contribution < 1.29 is 9.63 Å². The van der Waals surface area contributed by atoms with Crippen LogP contribution in [0.2, 0.25) is 10.0 Å². The van der Waals surface area contributed by atoms with Gasteiger partial charge in [0.05, 0.1) is 10.6 Å². The number of nitrogens with zero attached hydrogens (tertiary/aromatic N) is 1. The van der Waals surface area contributed by atoms with E-state index in [9.17, 15) is 4.79 Å². The highest BCUT2D eigenvalue weighted by Crippen LogP contribution is 2.22. The van der Waals surface area contributed by atoms with E-state index in [1.54, 1.807) is 25.1 Å². The van der Waals surface area contributed by atoms with Gasteiger partial charge in [0.15, 0.2) is 5.84 Å². The van der Waals surface area contributed by atoms with E-state index < -0.39 is 5.97 Å². The summed E-state index contributed by atoms with van der Waals surface area (Å²) in [5.74, 6) is -0.686. The number of benzene rings is 2. The fourth-order valence-electron chi connectivity index (χ4n) is 1.77. The average molecular weight is 338 g/mol. The van der Waals surface area contributed by atoms with E-state index in [2.05, 4.69) is 5.16 Å². The minimum Gasteiger partial charge on any atom is -0.398 e. The Bertz CT molecular complexity index is 760. The van der Waals surface area contributed by atoms with Crippen LogP contribution in [0.1, 0.15) is 21.5 Å². The summed E-state index contributed by atoms with van der Waals surface area (Å²) >= 11 is 11.7. The van der Waals surface area contributed by atoms with Crippen molar-refractivity contribution in [3.8, 4) is 0 Å². The predicted octanol–water partition coefficient (Wildman–Crippen LogP) is 3.36. The van der Waals surface area contributed by atoms with Crippen molar-refractivity contribution in [2.75, 3.05) is 5.73 Å². The molecule has 2 rings (SSSR count). The van der Waals surface area contributed by atoms with Gasteiger partial charge in [-0.2, -0.15) is 0 Å². The van der Waals surface area contributed by atoms with Gasteiger partial charge in [0.1, 0.15) is 0 Å². The summed E-state index contributed by atoms with van der Waals surface area (Å²) in [6.07, 6.45) is 0. The Morgan fingerprint density at radius 1 is 1.18 bits per heavy atom. The molecule has 0 aliphatic carbocycles. The molecule has 5 nitrogen and oxygen atoms in total. The number of amidine groups is 1. The molecule has 22 heavy (non-hydrogen) atoms. The van der Waals surface area contributed by atoms with Gasteiger partial charge in [0.2, 0.25) is 0 Å². The number of carbonyl (C=O) groups is 1. The van der Waals surface area contributed by atoms with E-state index >= 15 is 0 Å². The smallest absolute Gasteiger partial charge is 0.367 e. The molecule has 0 unspecified atom stereocenters. The van der Waals surface area contributed by atoms with Crippen LogP contribution in [0, 0.1) is 6.92 Å². The quantitative estimate of drug-likeness (QED) is 0.295. The summed E-state index contributed by atoms with van der Waals surface area (Å²) in [7, 11) is 0. The summed E-state index contributed by atoms with van der Waals surface area (Å²) in [5, 5.41) is 4.22. The Morgan fingerprint density at radius 3 is 2.59 bits per heavy atom. The van der Waals surface area contributed by atoms with Crippen molar-refractivity contribution in [2.45, 2.75) is 6.92 Å². The molecule has 0 saturated heterocycles. The lowest BCUT2D eigenvalue weighted by Gasteiger charge is -2.07. The van der Waals surface area contributed by atoms with Gasteiger partial charge in [0, 0.05) is 16.3 Å². The molecule has 4 N–H and O–H groups in total. The molecule has 0 amide bonds. The van der Waals surface area contributed by atoms with Crippen LogP contribution in [-0.2, 0) is 4.84 Å². The maximum absolute atomic E-state index is 11.9. The number of rotatable bonds is 3. The van der Waals surface area contributed by atoms with E-state index in [-0.39, 0.29) is 16.4 Å². The van der Waals surface area contributed by atoms with Gasteiger partial charge in [-0.3, -0.25) is 0 Å². The number of carbonyl (C=O) groups excluding carboxylic acids is 1. The highest BCUT2D eigenvalue weighted by atomic mass is 35.5. The minimum absolute atomic E-state index is 0.0447. The zero-order valence-electron chi connectivity index (χ0n) is 11.6. The van der Waals surface area contributed by atoms with E-state index in [4.69, 9.17) is 39.5 Å². The third-order valence-corrected chi connectivity index (χ3v) is 3.58. The summed E-state index contributed by atoms with van der Waals surface area (Å²) in [5.41, 5.74) is 13.7. The van der Waals surface area contributed by atoms with Gasteiger partial charge in [-0.15, -0.1) is 0 Å². The number of hydrogen-bond acceptors (Lipinski definition) is 4. The molecule has 0 bridgehead atoms. The average Bonchev–Trinajstić information content (AvgIpc) is 2.47. The lowest BCUT2D eigenvalue weighted by atomic mass is 10.1. The van der Waals surface area contributed by atoms with E-state index in [1.165, 1.54) is 18.2 Å². The fourth-order valence-corrected chi connectivity index (χ4v) is 2.26. The molecule has 0 aromatic heterocycles. The number of halogens is 2. The molecule has 0 atom stereocenters. The van der Waals surface area contributed by atoms with Crippen molar-refractivity contribution >= 4 is 40.7 Å². The molecule has 2 aromatic rings. The van der Waals surface area contributed by atoms with Crippen LogP contribution in [0.25, 0.3) is 0 Å². The van der Waals surface area contributed by atoms with Gasteiger partial charge in [-0.05, 0) is 36.8 Å². The van der Waals surface area contributed by atoms with E-state index in [0.29, 0.717) is 16.3 Å². The maximum atomic E-state index is 11.9. The summed E-state index contributed by atoms with van der Waals surface area (Å²) in [6, 6.07) is 9.62. The molecule has 0 radical (unpaired) electrons. The summed E-state index contributed by atoms with van der Waals surface area (Å²) in [4.78, 5) is 16.7. The van der Waals surface area contributed by atoms with Gasteiger partial charge in [-0.1, -0.05) is 40.5 Å². The Morgan fingerprint density at radius 2 is 1.91 bits per heavy atom. The fraction of sp³-hybridized carbons (Fsp3) is 0.0667. The van der Waals surface area contributed by atoms with Crippen LogP contribution in [0.4, 0.5) is 5.69 Å². The second kappa shape index (κ2) is 6.68. The van der Waals surface area contributed by atoms with E-state index in [0.717, 1.165) is 5.56 Å². The highest BCUT2D eigenvalue weighted by Gasteiger charge is 2.13. The van der Waals surface area contributed by atoms with Crippen molar-refractivity contribution in [1.82, 2.24) is 0 Å². The van der Waals surface area contributed by atoms with Gasteiger partial charge < -0.3 is 16.3 Å². The normalized spacial score (nSPS) is 11.3. The van der Waals surface area contributed by atoms with Crippen molar-refractivity contribution in [1.29, 1.82) is 0 Å². The summed E-state index contributed by atoms with van der Waals surface area (Å²) < 4.78 is 0. The zero-order chi connectivity index (χ0) is 16.3. The molecule has 0 fully saturated rings. The molecule has 7 heteroatoms. The molecule has 2 aromatic carbocycles. The molecule has 0 heterocycles. The van der Waals surface area contributed by atoms with Crippen LogP contribution in [0.15, 0.2) is 41.6 Å². The standard InChI is InChI=1S/C15H13Cl2N3O2/c1-8-10(3-2-4-13(8)18)14(19)20-22-15(21)11-6-5-9(16)7-12(11)17/h2-7H,18H2,1H3,(H2,19,20). The van der Waals surface area contributed by atoms with Crippen LogP contribution >= 0.6 is 23.2 Å². The first-order chi connectivity index (χ1) is 10.4. The third kappa shape index (κ3) is 3.50. The van der Waals surface area contributed by atoms with E-state index in [1.807, 2.05) is 0 Å². The molecular formula is C15H13Cl2N3O2. The largest absolute Gasteiger partial charge is 0.398 e. The van der Waals surface area contributed by atoms with Gasteiger partial charge in [-0.25, -0.2) is 4.79 Å².